The number of ether oxygens (including phenoxy) is 1. The summed E-state index contributed by atoms with van der Waals surface area (Å²) in [5.41, 5.74) is 6.60. The number of carbonyl (C=O) groups excluding carboxylic acids is 2. The zero-order chi connectivity index (χ0) is 22.9. The summed E-state index contributed by atoms with van der Waals surface area (Å²) in [7, 11) is -3.91. The quantitative estimate of drug-likeness (QED) is 0.459. The monoisotopic (exact) mass is 454 g/mol. The van der Waals surface area contributed by atoms with E-state index >= 15 is 0 Å². The van der Waals surface area contributed by atoms with Crippen molar-refractivity contribution in [2.75, 3.05) is 12.3 Å². The second kappa shape index (κ2) is 8.21. The Balaban J connectivity index is 1.48. The first-order chi connectivity index (χ1) is 15.2. The molecule has 1 saturated heterocycles. The number of nitrogens with two attached hydrogens (primary N) is 1. The smallest absolute Gasteiger partial charge is 0.322 e. The summed E-state index contributed by atoms with van der Waals surface area (Å²) in [6.45, 7) is 1.84. The minimum atomic E-state index is -3.91. The highest BCUT2D eigenvalue weighted by Gasteiger charge is 2.48. The second-order valence-electron chi connectivity index (χ2n) is 7.64. The van der Waals surface area contributed by atoms with Crippen LogP contribution in [0.2, 0.25) is 0 Å². The van der Waals surface area contributed by atoms with Gasteiger partial charge in [-0.15, -0.1) is 0 Å². The molecular formula is C22H22N4O5S. The normalized spacial score (nSPS) is 18.4. The minimum absolute atomic E-state index is 0.00447. The van der Waals surface area contributed by atoms with Crippen molar-refractivity contribution in [1.82, 2.24) is 15.6 Å². The first-order valence-corrected chi connectivity index (χ1v) is 11.5. The van der Waals surface area contributed by atoms with E-state index in [-0.39, 0.29) is 18.0 Å². The van der Waals surface area contributed by atoms with Crippen LogP contribution >= 0.6 is 0 Å². The lowest BCUT2D eigenvalue weighted by molar-refractivity contribution is -0.122. The van der Waals surface area contributed by atoms with Gasteiger partial charge in [0.2, 0.25) is 0 Å². The van der Waals surface area contributed by atoms with Crippen LogP contribution in [-0.2, 0) is 21.2 Å². The summed E-state index contributed by atoms with van der Waals surface area (Å²) in [4.78, 5) is 28.1. The second-order valence-corrected chi connectivity index (χ2v) is 9.63. The number of amides is 3. The Kier molecular flexibility index (Phi) is 5.57. The number of hydrogen-bond acceptors (Lipinski definition) is 7. The van der Waals surface area contributed by atoms with Crippen LogP contribution < -0.4 is 21.1 Å². The van der Waals surface area contributed by atoms with Crippen molar-refractivity contribution in [1.29, 1.82) is 0 Å². The summed E-state index contributed by atoms with van der Waals surface area (Å²) in [5, 5.41) is 5.37. The van der Waals surface area contributed by atoms with Crippen LogP contribution in [0.5, 0.6) is 5.75 Å². The number of para-hydroxylation sites is 1. The molecule has 0 bridgehead atoms. The molecule has 2 heterocycles. The molecule has 1 atom stereocenters. The van der Waals surface area contributed by atoms with Gasteiger partial charge in [0, 0.05) is 23.2 Å². The summed E-state index contributed by atoms with van der Waals surface area (Å²) in [5.74, 6) is -0.916. The number of sulfone groups is 1. The van der Waals surface area contributed by atoms with Crippen molar-refractivity contribution in [3.05, 3.63) is 65.9 Å². The number of nitrogens with zero attached hydrogens (tertiary/aromatic N) is 1. The van der Waals surface area contributed by atoms with Gasteiger partial charge in [0.15, 0.2) is 9.84 Å². The minimum Gasteiger partial charge on any atom is -0.489 e. The summed E-state index contributed by atoms with van der Waals surface area (Å²) in [6.07, 6.45) is 0. The molecule has 1 fully saturated rings. The van der Waals surface area contributed by atoms with Gasteiger partial charge in [-0.2, -0.15) is 0 Å². The molecular weight excluding hydrogens is 432 g/mol. The average molecular weight is 455 g/mol. The molecule has 3 aromatic rings. The van der Waals surface area contributed by atoms with E-state index in [1.54, 1.807) is 12.1 Å². The number of aryl methyl sites for hydroxylation is 1. The largest absolute Gasteiger partial charge is 0.489 e. The van der Waals surface area contributed by atoms with Crippen molar-refractivity contribution in [3.8, 4) is 5.75 Å². The highest BCUT2D eigenvalue weighted by molar-refractivity contribution is 7.91. The van der Waals surface area contributed by atoms with Crippen molar-refractivity contribution < 1.29 is 22.7 Å². The van der Waals surface area contributed by atoms with Crippen LogP contribution in [-0.4, -0.2) is 43.2 Å². The lowest BCUT2D eigenvalue weighted by Gasteiger charge is -2.23. The molecule has 1 aliphatic heterocycles. The maximum Gasteiger partial charge on any atom is 0.322 e. The number of benzene rings is 2. The molecule has 0 saturated carbocycles. The van der Waals surface area contributed by atoms with Crippen LogP contribution in [0.4, 0.5) is 4.79 Å². The Morgan fingerprint density at radius 1 is 1.09 bits per heavy atom. The molecule has 0 radical (unpaired) electrons. The average Bonchev–Trinajstić information content (AvgIpc) is 3.05. The zero-order valence-corrected chi connectivity index (χ0v) is 18.1. The van der Waals surface area contributed by atoms with Crippen molar-refractivity contribution >= 4 is 32.7 Å². The maximum atomic E-state index is 12.8. The van der Waals surface area contributed by atoms with Gasteiger partial charge in [-0.1, -0.05) is 18.2 Å². The van der Waals surface area contributed by atoms with E-state index in [1.165, 1.54) is 12.1 Å². The number of nitrogens with one attached hydrogen (secondary N) is 2. The first-order valence-electron chi connectivity index (χ1n) is 9.87. The van der Waals surface area contributed by atoms with E-state index in [0.29, 0.717) is 5.75 Å². The lowest BCUT2D eigenvalue weighted by Crippen LogP contribution is -2.57. The van der Waals surface area contributed by atoms with Crippen LogP contribution in [0.25, 0.3) is 10.9 Å². The molecule has 2 aromatic carbocycles. The van der Waals surface area contributed by atoms with E-state index in [0.717, 1.165) is 22.2 Å². The molecule has 1 unspecified atom stereocenters. The summed E-state index contributed by atoms with van der Waals surface area (Å²) < 4.78 is 31.5. The Morgan fingerprint density at radius 2 is 1.81 bits per heavy atom. The van der Waals surface area contributed by atoms with E-state index in [9.17, 15) is 18.0 Å². The fraction of sp³-hybridized carbons (Fsp3) is 0.227. The molecule has 166 valence electrons. The lowest BCUT2D eigenvalue weighted by atomic mass is 10.0. The highest BCUT2D eigenvalue weighted by atomic mass is 32.2. The molecule has 3 amide bonds. The van der Waals surface area contributed by atoms with Crippen LogP contribution in [0.15, 0.2) is 59.5 Å². The third-order valence-electron chi connectivity index (χ3n) is 5.40. The van der Waals surface area contributed by atoms with Crippen LogP contribution in [0.1, 0.15) is 11.3 Å². The fourth-order valence-corrected chi connectivity index (χ4v) is 5.23. The van der Waals surface area contributed by atoms with E-state index in [4.69, 9.17) is 10.5 Å². The standard InChI is InChI=1S/C22H22N4O5S/c1-14-16(10-15-4-2-3-5-19(15)24-14)11-31-17-6-8-18(9-7-17)32(29,30)13-22(12-23)20(27)25-21(28)26-22/h2-10H,11-13,23H2,1H3,(H2,25,26,27,28). The zero-order valence-electron chi connectivity index (χ0n) is 17.3. The Labute approximate surface area is 184 Å². The third-order valence-corrected chi connectivity index (χ3v) is 7.26. The highest BCUT2D eigenvalue weighted by Crippen LogP contribution is 2.23. The van der Waals surface area contributed by atoms with Gasteiger partial charge in [-0.25, -0.2) is 13.2 Å². The Hall–Kier alpha value is -3.50. The molecule has 10 heteroatoms. The van der Waals surface area contributed by atoms with Gasteiger partial charge in [-0.3, -0.25) is 15.1 Å². The van der Waals surface area contributed by atoms with Gasteiger partial charge in [0.05, 0.1) is 16.2 Å². The number of fused-ring (bicyclic) bond motifs is 1. The van der Waals surface area contributed by atoms with Gasteiger partial charge in [0.1, 0.15) is 17.9 Å². The molecule has 9 nitrogen and oxygen atoms in total. The molecule has 32 heavy (non-hydrogen) atoms. The van der Waals surface area contributed by atoms with Gasteiger partial charge in [-0.05, 0) is 43.3 Å². The summed E-state index contributed by atoms with van der Waals surface area (Å²) in [6, 6.07) is 14.9. The number of carbonyl (C=O) groups is 2. The molecule has 0 aliphatic carbocycles. The number of aromatic nitrogens is 1. The molecule has 4 N–H and O–H groups in total. The number of urea groups is 1. The predicted octanol–water partition coefficient (Wildman–Crippen LogP) is 1.43. The Bertz CT molecular complexity index is 1310. The third kappa shape index (κ3) is 4.14. The van der Waals surface area contributed by atoms with E-state index in [1.807, 2.05) is 42.6 Å². The van der Waals surface area contributed by atoms with E-state index < -0.39 is 33.1 Å². The van der Waals surface area contributed by atoms with Crippen molar-refractivity contribution in [2.24, 2.45) is 5.73 Å². The molecule has 1 aromatic heterocycles. The molecule has 1 aliphatic rings. The maximum absolute atomic E-state index is 12.8. The fourth-order valence-electron chi connectivity index (χ4n) is 3.55. The molecule has 4 rings (SSSR count). The van der Waals surface area contributed by atoms with Crippen molar-refractivity contribution in [2.45, 2.75) is 24.0 Å². The number of rotatable bonds is 7. The van der Waals surface area contributed by atoms with Gasteiger partial charge < -0.3 is 15.8 Å². The SMILES string of the molecule is Cc1nc2ccccc2cc1COc1ccc(S(=O)(=O)CC2(CN)NC(=O)NC2=O)cc1. The van der Waals surface area contributed by atoms with Crippen LogP contribution in [0, 0.1) is 6.92 Å². The summed E-state index contributed by atoms with van der Waals surface area (Å²) >= 11 is 0. The molecule has 0 spiro atoms. The number of imide groups is 1. The Morgan fingerprint density at radius 3 is 2.47 bits per heavy atom. The van der Waals surface area contributed by atoms with Gasteiger partial charge in [0.25, 0.3) is 5.91 Å². The first kappa shape index (κ1) is 21.7. The number of pyridine rings is 1. The van der Waals surface area contributed by atoms with Gasteiger partial charge >= 0.3 is 6.03 Å². The number of hydrogen-bond donors (Lipinski definition) is 3. The van der Waals surface area contributed by atoms with E-state index in [2.05, 4.69) is 10.3 Å². The topological polar surface area (TPSA) is 140 Å². The van der Waals surface area contributed by atoms with Crippen molar-refractivity contribution in [3.63, 3.8) is 0 Å². The van der Waals surface area contributed by atoms with Crippen LogP contribution in [0.3, 0.4) is 0 Å². The predicted molar refractivity (Wildman–Crippen MR) is 118 cm³/mol.